The third-order valence-electron chi connectivity index (χ3n) is 5.13. The Morgan fingerprint density at radius 3 is 2.33 bits per heavy atom. The summed E-state index contributed by atoms with van der Waals surface area (Å²) in [6.45, 7) is 7.83. The Morgan fingerprint density at radius 1 is 1.03 bits per heavy atom. The van der Waals surface area contributed by atoms with Gasteiger partial charge in [-0.25, -0.2) is 8.42 Å². The predicted molar refractivity (Wildman–Crippen MR) is 122 cm³/mol. The highest BCUT2D eigenvalue weighted by molar-refractivity contribution is 7.92. The van der Waals surface area contributed by atoms with Crippen molar-refractivity contribution in [1.82, 2.24) is 4.98 Å². The quantitative estimate of drug-likeness (QED) is 0.503. The summed E-state index contributed by atoms with van der Waals surface area (Å²) < 4.78 is 25.3. The second kappa shape index (κ2) is 8.28. The Kier molecular flexibility index (Phi) is 6.11. The van der Waals surface area contributed by atoms with Crippen molar-refractivity contribution in [2.45, 2.75) is 33.6 Å². The van der Waals surface area contributed by atoms with Gasteiger partial charge in [0.05, 0.1) is 11.9 Å². The number of aromatic amines is 1. The normalized spacial score (nSPS) is 12.6. The standard InChI is InChI=1S/C23H25ClN2O3S/c1-13-6-8-18(14(2)10-13)23(27)22-15(3)11-21(25-22)16(4)19-9-7-17(12-20(19)24)26-30(5,28)29/h6-12,16,25-26H,1-5H3. The maximum atomic E-state index is 13.1. The van der Waals surface area contributed by atoms with Gasteiger partial charge in [0.25, 0.3) is 0 Å². The first kappa shape index (κ1) is 22.1. The zero-order chi connectivity index (χ0) is 22.2. The van der Waals surface area contributed by atoms with Crippen LogP contribution in [-0.2, 0) is 10.0 Å². The summed E-state index contributed by atoms with van der Waals surface area (Å²) in [5.41, 5.74) is 6.29. The lowest BCUT2D eigenvalue weighted by atomic mass is 9.97. The smallest absolute Gasteiger partial charge is 0.229 e. The van der Waals surface area contributed by atoms with E-state index in [4.69, 9.17) is 11.6 Å². The van der Waals surface area contributed by atoms with Crippen LogP contribution < -0.4 is 4.72 Å². The van der Waals surface area contributed by atoms with E-state index in [1.54, 1.807) is 18.2 Å². The van der Waals surface area contributed by atoms with E-state index in [1.807, 2.05) is 52.0 Å². The average molecular weight is 445 g/mol. The molecule has 1 heterocycles. The number of hydrogen-bond donors (Lipinski definition) is 2. The Labute approximate surface area is 182 Å². The molecule has 0 bridgehead atoms. The molecule has 1 unspecified atom stereocenters. The van der Waals surface area contributed by atoms with Crippen molar-refractivity contribution in [2.24, 2.45) is 0 Å². The summed E-state index contributed by atoms with van der Waals surface area (Å²) in [6, 6.07) is 12.8. The van der Waals surface area contributed by atoms with E-state index in [0.29, 0.717) is 22.0 Å². The Morgan fingerprint density at radius 2 is 1.73 bits per heavy atom. The minimum absolute atomic E-state index is 0.0396. The van der Waals surface area contributed by atoms with Crippen LogP contribution in [0.25, 0.3) is 0 Å². The SMILES string of the molecule is Cc1ccc(C(=O)c2[nH]c(C(C)c3ccc(NS(C)(=O)=O)cc3Cl)cc2C)c(C)c1. The molecule has 30 heavy (non-hydrogen) atoms. The molecule has 7 heteroatoms. The Balaban J connectivity index is 1.91. The summed E-state index contributed by atoms with van der Waals surface area (Å²) in [6.07, 6.45) is 1.09. The molecule has 0 aliphatic heterocycles. The van der Waals surface area contributed by atoms with Crippen LogP contribution in [0.4, 0.5) is 5.69 Å². The number of nitrogens with one attached hydrogen (secondary N) is 2. The van der Waals surface area contributed by atoms with E-state index in [-0.39, 0.29) is 11.7 Å². The molecule has 2 aromatic carbocycles. The Bertz CT molecular complexity index is 1230. The van der Waals surface area contributed by atoms with Crippen LogP contribution in [-0.4, -0.2) is 25.4 Å². The molecule has 0 saturated heterocycles. The van der Waals surface area contributed by atoms with Crippen LogP contribution in [0.2, 0.25) is 5.02 Å². The number of sulfonamides is 1. The monoisotopic (exact) mass is 444 g/mol. The highest BCUT2D eigenvalue weighted by Crippen LogP contribution is 2.33. The van der Waals surface area contributed by atoms with Crippen molar-refractivity contribution >= 4 is 33.1 Å². The van der Waals surface area contributed by atoms with Gasteiger partial charge in [-0.15, -0.1) is 0 Å². The number of halogens is 1. The van der Waals surface area contributed by atoms with Crippen molar-refractivity contribution in [3.05, 3.63) is 86.7 Å². The lowest BCUT2D eigenvalue weighted by Gasteiger charge is -2.14. The molecule has 0 radical (unpaired) electrons. The van der Waals surface area contributed by atoms with Gasteiger partial charge in [0.1, 0.15) is 0 Å². The van der Waals surface area contributed by atoms with Crippen LogP contribution in [0.5, 0.6) is 0 Å². The first-order valence-electron chi connectivity index (χ1n) is 9.55. The number of ketones is 1. The van der Waals surface area contributed by atoms with E-state index >= 15 is 0 Å². The number of carbonyl (C=O) groups is 1. The summed E-state index contributed by atoms with van der Waals surface area (Å²) in [4.78, 5) is 16.4. The molecule has 3 rings (SSSR count). The first-order valence-corrected chi connectivity index (χ1v) is 11.8. The molecule has 3 aromatic rings. The number of carbonyl (C=O) groups excluding carboxylic acids is 1. The van der Waals surface area contributed by atoms with Crippen molar-refractivity contribution < 1.29 is 13.2 Å². The fraction of sp³-hybridized carbons (Fsp3) is 0.261. The first-order chi connectivity index (χ1) is 14.0. The van der Waals surface area contributed by atoms with Gasteiger partial charge >= 0.3 is 0 Å². The largest absolute Gasteiger partial charge is 0.355 e. The molecular formula is C23H25ClN2O3S. The number of H-pyrrole nitrogens is 1. The van der Waals surface area contributed by atoms with Crippen molar-refractivity contribution in [3.63, 3.8) is 0 Å². The van der Waals surface area contributed by atoms with E-state index in [1.165, 1.54) is 0 Å². The molecule has 0 amide bonds. The van der Waals surface area contributed by atoms with Gasteiger partial charge in [-0.05, 0) is 55.7 Å². The molecule has 5 nitrogen and oxygen atoms in total. The molecule has 2 N–H and O–H groups in total. The maximum Gasteiger partial charge on any atom is 0.229 e. The highest BCUT2D eigenvalue weighted by atomic mass is 35.5. The fourth-order valence-corrected chi connectivity index (χ4v) is 4.48. The molecule has 1 aromatic heterocycles. The van der Waals surface area contributed by atoms with E-state index in [9.17, 15) is 13.2 Å². The zero-order valence-corrected chi connectivity index (χ0v) is 19.2. The number of benzene rings is 2. The molecule has 0 aliphatic rings. The van der Waals surface area contributed by atoms with Gasteiger partial charge in [-0.2, -0.15) is 0 Å². The summed E-state index contributed by atoms with van der Waals surface area (Å²) in [5, 5.41) is 0.450. The minimum atomic E-state index is -3.38. The highest BCUT2D eigenvalue weighted by Gasteiger charge is 2.21. The lowest BCUT2D eigenvalue weighted by Crippen LogP contribution is -2.10. The minimum Gasteiger partial charge on any atom is -0.355 e. The molecule has 0 saturated carbocycles. The maximum absolute atomic E-state index is 13.1. The fourth-order valence-electron chi connectivity index (χ4n) is 3.58. The van der Waals surface area contributed by atoms with Gasteiger partial charge in [-0.3, -0.25) is 9.52 Å². The molecule has 158 valence electrons. The second-order valence-corrected chi connectivity index (χ2v) is 9.92. The van der Waals surface area contributed by atoms with Crippen LogP contribution in [0.15, 0.2) is 42.5 Å². The number of rotatable bonds is 6. The lowest BCUT2D eigenvalue weighted by molar-refractivity contribution is 0.103. The summed E-state index contributed by atoms with van der Waals surface area (Å²) in [5.74, 6) is -0.147. The van der Waals surface area contributed by atoms with E-state index < -0.39 is 10.0 Å². The molecule has 0 spiro atoms. The third kappa shape index (κ3) is 4.77. The molecule has 1 atom stereocenters. The molecule has 0 aliphatic carbocycles. The number of hydrogen-bond acceptors (Lipinski definition) is 3. The van der Waals surface area contributed by atoms with Gasteiger partial charge in [0, 0.05) is 27.9 Å². The van der Waals surface area contributed by atoms with Crippen molar-refractivity contribution in [2.75, 3.05) is 11.0 Å². The predicted octanol–water partition coefficient (Wildman–Crippen LogP) is 5.35. The Hall–Kier alpha value is -2.57. The molecular weight excluding hydrogens is 420 g/mol. The van der Waals surface area contributed by atoms with Crippen molar-refractivity contribution in [3.8, 4) is 0 Å². The van der Waals surface area contributed by atoms with Crippen LogP contribution >= 0.6 is 11.6 Å². The van der Waals surface area contributed by atoms with Gasteiger partial charge in [0.15, 0.2) is 0 Å². The van der Waals surface area contributed by atoms with E-state index in [2.05, 4.69) is 9.71 Å². The van der Waals surface area contributed by atoms with Gasteiger partial charge < -0.3 is 4.98 Å². The van der Waals surface area contributed by atoms with Crippen LogP contribution in [0, 0.1) is 20.8 Å². The van der Waals surface area contributed by atoms with Crippen LogP contribution in [0.1, 0.15) is 56.8 Å². The van der Waals surface area contributed by atoms with E-state index in [0.717, 1.165) is 34.2 Å². The average Bonchev–Trinajstić information content (AvgIpc) is 3.01. The summed E-state index contributed by atoms with van der Waals surface area (Å²) >= 11 is 6.43. The van der Waals surface area contributed by atoms with Crippen molar-refractivity contribution in [1.29, 1.82) is 0 Å². The molecule has 0 fully saturated rings. The summed E-state index contributed by atoms with van der Waals surface area (Å²) in [7, 11) is -3.38. The topological polar surface area (TPSA) is 79.0 Å². The van der Waals surface area contributed by atoms with Crippen LogP contribution in [0.3, 0.4) is 0 Å². The number of aryl methyl sites for hydroxylation is 3. The zero-order valence-electron chi connectivity index (χ0n) is 17.6. The van der Waals surface area contributed by atoms with Gasteiger partial charge in [0.2, 0.25) is 15.8 Å². The number of aromatic nitrogens is 1. The third-order valence-corrected chi connectivity index (χ3v) is 6.06. The van der Waals surface area contributed by atoms with Gasteiger partial charge in [-0.1, -0.05) is 48.4 Å². The second-order valence-electron chi connectivity index (χ2n) is 7.76. The number of anilines is 1.